The van der Waals surface area contributed by atoms with Crippen LogP contribution < -0.4 is 10.2 Å². The number of nitrogens with one attached hydrogen (secondary N) is 1. The molecule has 0 spiro atoms. The van der Waals surface area contributed by atoms with Gasteiger partial charge < -0.3 is 15.0 Å². The van der Waals surface area contributed by atoms with Gasteiger partial charge >= 0.3 is 0 Å². The van der Waals surface area contributed by atoms with Crippen LogP contribution in [0.15, 0.2) is 12.5 Å². The van der Waals surface area contributed by atoms with Crippen molar-refractivity contribution in [2.45, 2.75) is 6.42 Å². The van der Waals surface area contributed by atoms with Gasteiger partial charge in [-0.2, -0.15) is 5.10 Å². The first-order valence-corrected chi connectivity index (χ1v) is 6.73. The number of fused-ring (bicyclic) bond motifs is 1. The monoisotopic (exact) mass is 292 g/mol. The average molecular weight is 292 g/mol. The molecule has 8 nitrogen and oxygen atoms in total. The summed E-state index contributed by atoms with van der Waals surface area (Å²) in [4.78, 5) is 22.1. The van der Waals surface area contributed by atoms with E-state index in [1.54, 1.807) is 22.9 Å². The molecule has 0 atom stereocenters. The summed E-state index contributed by atoms with van der Waals surface area (Å²) in [7, 11) is 5.29. The van der Waals surface area contributed by atoms with E-state index in [-0.39, 0.29) is 12.5 Å². The highest BCUT2D eigenvalue weighted by Gasteiger charge is 2.14. The number of carbonyl (C=O) groups is 1. The number of aryl methyl sites for hydroxylation is 1. The second kappa shape index (κ2) is 6.98. The Labute approximate surface area is 123 Å². The van der Waals surface area contributed by atoms with E-state index in [2.05, 4.69) is 20.4 Å². The van der Waals surface area contributed by atoms with Crippen molar-refractivity contribution in [1.29, 1.82) is 0 Å². The average Bonchev–Trinajstić information content (AvgIpc) is 2.85. The van der Waals surface area contributed by atoms with Crippen molar-refractivity contribution >= 4 is 22.8 Å². The van der Waals surface area contributed by atoms with E-state index >= 15 is 0 Å². The van der Waals surface area contributed by atoms with Crippen LogP contribution in [0, 0.1) is 0 Å². The Morgan fingerprint density at radius 1 is 1.48 bits per heavy atom. The smallest absolute Gasteiger partial charge is 0.239 e. The molecule has 114 valence electrons. The molecule has 2 aromatic rings. The van der Waals surface area contributed by atoms with Gasteiger partial charge in [0, 0.05) is 34.4 Å². The molecule has 21 heavy (non-hydrogen) atoms. The maximum Gasteiger partial charge on any atom is 0.239 e. The fourth-order valence-electron chi connectivity index (χ4n) is 2.04. The van der Waals surface area contributed by atoms with Crippen molar-refractivity contribution in [3.63, 3.8) is 0 Å². The van der Waals surface area contributed by atoms with Crippen LogP contribution in [0.25, 0.3) is 11.0 Å². The molecular formula is C13H20N6O2. The van der Waals surface area contributed by atoms with Crippen molar-refractivity contribution in [2.75, 3.05) is 38.8 Å². The lowest BCUT2D eigenvalue weighted by molar-refractivity contribution is -0.119. The topological polar surface area (TPSA) is 85.2 Å². The number of nitrogens with zero attached hydrogens (tertiary/aromatic N) is 5. The van der Waals surface area contributed by atoms with Gasteiger partial charge in [0.05, 0.1) is 18.1 Å². The third kappa shape index (κ3) is 3.66. The molecule has 2 heterocycles. The molecule has 1 N–H and O–H groups in total. The van der Waals surface area contributed by atoms with Crippen molar-refractivity contribution in [1.82, 2.24) is 25.1 Å². The summed E-state index contributed by atoms with van der Waals surface area (Å²) >= 11 is 0. The molecule has 8 heteroatoms. The number of rotatable bonds is 7. The first kappa shape index (κ1) is 15.2. The molecule has 0 radical (unpaired) electrons. The Hall–Kier alpha value is -2.22. The molecule has 2 aromatic heterocycles. The van der Waals surface area contributed by atoms with Crippen LogP contribution >= 0.6 is 0 Å². The first-order valence-electron chi connectivity index (χ1n) is 6.73. The van der Waals surface area contributed by atoms with Crippen LogP contribution in [-0.2, 0) is 16.6 Å². The van der Waals surface area contributed by atoms with E-state index in [0.717, 1.165) is 17.5 Å². The summed E-state index contributed by atoms with van der Waals surface area (Å²) in [5.74, 6) is 0.643. The fourth-order valence-corrected chi connectivity index (χ4v) is 2.04. The molecule has 0 aliphatic heterocycles. The van der Waals surface area contributed by atoms with E-state index < -0.39 is 0 Å². The third-order valence-electron chi connectivity index (χ3n) is 3.10. The lowest BCUT2D eigenvalue weighted by Gasteiger charge is -2.18. The van der Waals surface area contributed by atoms with Crippen LogP contribution in [0.1, 0.15) is 6.42 Å². The second-order valence-corrected chi connectivity index (χ2v) is 4.76. The number of likely N-dealkylation sites (N-methyl/N-ethyl adjacent to an activating group) is 1. The Kier molecular flexibility index (Phi) is 5.04. The molecule has 0 fully saturated rings. The quantitative estimate of drug-likeness (QED) is 0.720. The molecule has 0 aliphatic carbocycles. The van der Waals surface area contributed by atoms with Crippen molar-refractivity contribution in [3.8, 4) is 0 Å². The number of ether oxygens (including phenoxy) is 1. The maximum atomic E-state index is 11.9. The number of methoxy groups -OCH3 is 1. The zero-order valence-corrected chi connectivity index (χ0v) is 12.5. The predicted molar refractivity (Wildman–Crippen MR) is 79.1 cm³/mol. The minimum atomic E-state index is -0.0516. The van der Waals surface area contributed by atoms with E-state index in [1.165, 1.54) is 6.33 Å². The van der Waals surface area contributed by atoms with Gasteiger partial charge in [0.15, 0.2) is 5.65 Å². The third-order valence-corrected chi connectivity index (χ3v) is 3.10. The molecule has 1 amide bonds. The van der Waals surface area contributed by atoms with E-state index in [9.17, 15) is 4.79 Å². The van der Waals surface area contributed by atoms with Gasteiger partial charge in [0.25, 0.3) is 0 Å². The number of aromatic nitrogens is 4. The molecule has 2 rings (SSSR count). The molecule has 0 saturated carbocycles. The van der Waals surface area contributed by atoms with Gasteiger partial charge in [-0.1, -0.05) is 0 Å². The van der Waals surface area contributed by atoms with Gasteiger partial charge in [0.2, 0.25) is 5.91 Å². The van der Waals surface area contributed by atoms with E-state index in [4.69, 9.17) is 4.74 Å². The fraction of sp³-hybridized carbons (Fsp3) is 0.538. The highest BCUT2D eigenvalue weighted by atomic mass is 16.5. The number of carbonyl (C=O) groups excluding carboxylic acids is 1. The minimum Gasteiger partial charge on any atom is -0.385 e. The summed E-state index contributed by atoms with van der Waals surface area (Å²) in [6.45, 7) is 1.47. The second-order valence-electron chi connectivity index (χ2n) is 4.76. The Balaban J connectivity index is 1.98. The lowest BCUT2D eigenvalue weighted by Crippen LogP contribution is -2.36. The highest BCUT2D eigenvalue weighted by Crippen LogP contribution is 2.20. The van der Waals surface area contributed by atoms with Crippen LogP contribution in [0.3, 0.4) is 0 Å². The van der Waals surface area contributed by atoms with Gasteiger partial charge in [0.1, 0.15) is 12.1 Å². The van der Waals surface area contributed by atoms with Crippen LogP contribution in [-0.4, -0.2) is 59.5 Å². The van der Waals surface area contributed by atoms with Crippen LogP contribution in [0.4, 0.5) is 5.82 Å². The molecule has 0 saturated heterocycles. The zero-order chi connectivity index (χ0) is 15.2. The highest BCUT2D eigenvalue weighted by molar-refractivity contribution is 5.89. The molecule has 0 aliphatic rings. The largest absolute Gasteiger partial charge is 0.385 e. The maximum absolute atomic E-state index is 11.9. The standard InChI is InChI=1S/C13H20N6O2/c1-18(8-11(20)14-5-4-6-21-3)12-10-7-17-19(2)13(10)16-9-15-12/h7,9H,4-6,8H2,1-3H3,(H,14,20). The van der Waals surface area contributed by atoms with Gasteiger partial charge in [-0.25, -0.2) is 9.97 Å². The van der Waals surface area contributed by atoms with Gasteiger partial charge in [-0.05, 0) is 6.42 Å². The van der Waals surface area contributed by atoms with E-state index in [1.807, 2.05) is 14.1 Å². The summed E-state index contributed by atoms with van der Waals surface area (Å²) in [6, 6.07) is 0. The Bertz CT molecular complexity index is 612. The SMILES string of the molecule is COCCCNC(=O)CN(C)c1ncnc2c1cnn2C. The number of anilines is 1. The molecule has 0 aromatic carbocycles. The normalized spacial score (nSPS) is 10.8. The van der Waals surface area contributed by atoms with E-state index in [0.29, 0.717) is 19.0 Å². The number of hydrogen-bond donors (Lipinski definition) is 1. The summed E-state index contributed by atoms with van der Waals surface area (Å²) in [5.41, 5.74) is 0.743. The first-order chi connectivity index (χ1) is 10.1. The summed E-state index contributed by atoms with van der Waals surface area (Å²) in [6.07, 6.45) is 3.98. The lowest BCUT2D eigenvalue weighted by atomic mass is 10.3. The Morgan fingerprint density at radius 2 is 2.29 bits per heavy atom. The van der Waals surface area contributed by atoms with Crippen molar-refractivity contribution in [3.05, 3.63) is 12.5 Å². The van der Waals surface area contributed by atoms with Gasteiger partial charge in [-0.3, -0.25) is 9.48 Å². The number of amides is 1. The molecule has 0 bridgehead atoms. The van der Waals surface area contributed by atoms with Gasteiger partial charge in [-0.15, -0.1) is 0 Å². The van der Waals surface area contributed by atoms with Crippen LogP contribution in [0.5, 0.6) is 0 Å². The van der Waals surface area contributed by atoms with Crippen molar-refractivity contribution in [2.24, 2.45) is 7.05 Å². The Morgan fingerprint density at radius 3 is 3.05 bits per heavy atom. The zero-order valence-electron chi connectivity index (χ0n) is 12.5. The molecular weight excluding hydrogens is 272 g/mol. The minimum absolute atomic E-state index is 0.0516. The van der Waals surface area contributed by atoms with Crippen LogP contribution in [0.2, 0.25) is 0 Å². The summed E-state index contributed by atoms with van der Waals surface area (Å²) < 4.78 is 6.62. The predicted octanol–water partition coefficient (Wildman–Crippen LogP) is -0.0478. The van der Waals surface area contributed by atoms with Crippen molar-refractivity contribution < 1.29 is 9.53 Å². The molecule has 0 unspecified atom stereocenters. The number of hydrogen-bond acceptors (Lipinski definition) is 6. The summed E-state index contributed by atoms with van der Waals surface area (Å²) in [5, 5.41) is 7.84.